The minimum Gasteiger partial charge on any atom is -0.423 e. The molecule has 0 aliphatic rings. The summed E-state index contributed by atoms with van der Waals surface area (Å²) in [7, 11) is -1.49. The van der Waals surface area contributed by atoms with Crippen LogP contribution in [0.15, 0.2) is 18.7 Å². The maximum Gasteiger partial charge on any atom is 0.488 e. The molecule has 0 unspecified atom stereocenters. The summed E-state index contributed by atoms with van der Waals surface area (Å²) < 4.78 is 0. The second-order valence-corrected chi connectivity index (χ2v) is 3.54. The topological polar surface area (TPSA) is 64.3 Å². The average Bonchev–Trinajstić information content (AvgIpc) is 2.28. The quantitative estimate of drug-likeness (QED) is 0.503. The van der Waals surface area contributed by atoms with E-state index in [-0.39, 0.29) is 0 Å². The summed E-state index contributed by atoms with van der Waals surface area (Å²) in [6, 6.07) is 3.51. The molecule has 0 aliphatic heterocycles. The van der Waals surface area contributed by atoms with Gasteiger partial charge in [-0.3, -0.25) is 0 Å². The Labute approximate surface area is 96.1 Å². The van der Waals surface area contributed by atoms with Crippen molar-refractivity contribution in [2.75, 3.05) is 0 Å². The van der Waals surface area contributed by atoms with Gasteiger partial charge in [0.05, 0.1) is 0 Å². The van der Waals surface area contributed by atoms with E-state index in [0.717, 1.165) is 23.1 Å². The second-order valence-electron chi connectivity index (χ2n) is 3.54. The van der Waals surface area contributed by atoms with Gasteiger partial charge in [0.25, 0.3) is 0 Å². The van der Waals surface area contributed by atoms with Crippen LogP contribution in [0.4, 0.5) is 0 Å². The molecular formula is C12H16BNO2. The van der Waals surface area contributed by atoms with E-state index in [0.29, 0.717) is 11.9 Å². The van der Waals surface area contributed by atoms with Crippen molar-refractivity contribution in [3.8, 4) is 0 Å². The van der Waals surface area contributed by atoms with Crippen LogP contribution in [0, 0.1) is 5.41 Å². The van der Waals surface area contributed by atoms with Gasteiger partial charge in [0.2, 0.25) is 0 Å². The maximum atomic E-state index is 9.27. The summed E-state index contributed by atoms with van der Waals surface area (Å²) in [4.78, 5) is 0. The molecule has 16 heavy (non-hydrogen) atoms. The fraction of sp³-hybridized carbons (Fsp3) is 0.250. The molecule has 0 bridgehead atoms. The van der Waals surface area contributed by atoms with Gasteiger partial charge in [-0.15, -0.1) is 0 Å². The van der Waals surface area contributed by atoms with Gasteiger partial charge in [-0.2, -0.15) is 0 Å². The molecular weight excluding hydrogens is 201 g/mol. The van der Waals surface area contributed by atoms with Crippen molar-refractivity contribution in [3.05, 3.63) is 35.4 Å². The molecule has 1 aromatic carbocycles. The van der Waals surface area contributed by atoms with Crippen LogP contribution in [0.1, 0.15) is 23.6 Å². The first kappa shape index (κ1) is 12.7. The van der Waals surface area contributed by atoms with E-state index in [9.17, 15) is 10.0 Å². The van der Waals surface area contributed by atoms with Crippen LogP contribution >= 0.6 is 0 Å². The molecule has 0 radical (unpaired) electrons. The second kappa shape index (κ2) is 5.63. The highest BCUT2D eigenvalue weighted by Gasteiger charge is 2.18. The molecule has 1 rings (SSSR count). The number of hydrogen-bond donors (Lipinski definition) is 3. The zero-order valence-corrected chi connectivity index (χ0v) is 9.40. The minimum absolute atomic E-state index is 0.414. The van der Waals surface area contributed by atoms with Crippen LogP contribution in [-0.4, -0.2) is 23.4 Å². The third kappa shape index (κ3) is 2.40. The van der Waals surface area contributed by atoms with E-state index < -0.39 is 7.12 Å². The third-order valence-electron chi connectivity index (χ3n) is 2.66. The van der Waals surface area contributed by atoms with Gasteiger partial charge in [0, 0.05) is 6.42 Å². The Balaban J connectivity index is 3.42. The zero-order chi connectivity index (χ0) is 12.1. The van der Waals surface area contributed by atoms with Crippen molar-refractivity contribution in [1.82, 2.24) is 0 Å². The van der Waals surface area contributed by atoms with E-state index in [1.54, 1.807) is 12.1 Å². The van der Waals surface area contributed by atoms with Gasteiger partial charge in [0.1, 0.15) is 0 Å². The summed E-state index contributed by atoms with van der Waals surface area (Å²) in [5, 5.41) is 25.7. The lowest BCUT2D eigenvalue weighted by Crippen LogP contribution is -2.34. The molecule has 0 spiro atoms. The van der Waals surface area contributed by atoms with E-state index in [1.807, 2.05) is 13.0 Å². The predicted octanol–water partition coefficient (Wildman–Crippen LogP) is 0.764. The Hall–Kier alpha value is -1.39. The molecule has 3 N–H and O–H groups in total. The summed E-state index contributed by atoms with van der Waals surface area (Å²) in [5.74, 6) is 0. The van der Waals surface area contributed by atoms with Crippen molar-refractivity contribution in [2.45, 2.75) is 19.8 Å². The number of hydrogen-bond acceptors (Lipinski definition) is 3. The molecule has 0 amide bonds. The zero-order valence-electron chi connectivity index (χ0n) is 9.40. The van der Waals surface area contributed by atoms with Gasteiger partial charge < -0.3 is 15.5 Å². The standard InChI is InChI=1S/C12H16BNO2/c1-3-9-5-6-12(13(15)16)11(7-8-14)10(9)4-2/h3,5-6,8,14-16H,1,4,7H2,2H3. The Morgan fingerprint density at radius 2 is 2.06 bits per heavy atom. The summed E-state index contributed by atoms with van der Waals surface area (Å²) in [5.41, 5.74) is 3.32. The van der Waals surface area contributed by atoms with Crippen LogP contribution in [0.2, 0.25) is 0 Å². The van der Waals surface area contributed by atoms with Crippen molar-refractivity contribution in [2.24, 2.45) is 0 Å². The maximum absolute atomic E-state index is 9.27. The normalized spacial score (nSPS) is 9.94. The lowest BCUT2D eigenvalue weighted by molar-refractivity contribution is 0.425. The highest BCUT2D eigenvalue weighted by atomic mass is 16.4. The van der Waals surface area contributed by atoms with Crippen molar-refractivity contribution in [3.63, 3.8) is 0 Å². The van der Waals surface area contributed by atoms with Gasteiger partial charge >= 0.3 is 7.12 Å². The van der Waals surface area contributed by atoms with Gasteiger partial charge in [-0.1, -0.05) is 31.7 Å². The first-order valence-electron chi connectivity index (χ1n) is 5.27. The average molecular weight is 217 g/mol. The Morgan fingerprint density at radius 3 is 2.50 bits per heavy atom. The Bertz CT molecular complexity index is 402. The lowest BCUT2D eigenvalue weighted by atomic mass is 9.73. The summed E-state index contributed by atoms with van der Waals surface area (Å²) in [6.45, 7) is 5.74. The molecule has 0 aromatic heterocycles. The summed E-state index contributed by atoms with van der Waals surface area (Å²) in [6.07, 6.45) is 4.22. The molecule has 3 nitrogen and oxygen atoms in total. The van der Waals surface area contributed by atoms with Crippen LogP contribution in [0.3, 0.4) is 0 Å². The molecule has 0 heterocycles. The SMILES string of the molecule is C=Cc1ccc(B(O)O)c(CC=N)c1CC. The molecule has 0 atom stereocenters. The molecule has 0 fully saturated rings. The summed E-state index contributed by atoms with van der Waals surface area (Å²) >= 11 is 0. The fourth-order valence-corrected chi connectivity index (χ4v) is 1.92. The third-order valence-corrected chi connectivity index (χ3v) is 2.66. The molecule has 4 heteroatoms. The molecule has 84 valence electrons. The Kier molecular flexibility index (Phi) is 4.46. The monoisotopic (exact) mass is 217 g/mol. The minimum atomic E-state index is -1.49. The fourth-order valence-electron chi connectivity index (χ4n) is 1.92. The van der Waals surface area contributed by atoms with E-state index in [4.69, 9.17) is 5.41 Å². The highest BCUT2D eigenvalue weighted by molar-refractivity contribution is 6.59. The van der Waals surface area contributed by atoms with E-state index in [2.05, 4.69) is 6.58 Å². The van der Waals surface area contributed by atoms with Gasteiger partial charge in [-0.25, -0.2) is 0 Å². The first-order valence-corrected chi connectivity index (χ1v) is 5.27. The van der Waals surface area contributed by atoms with Crippen molar-refractivity contribution in [1.29, 1.82) is 5.41 Å². The van der Waals surface area contributed by atoms with Crippen molar-refractivity contribution >= 4 is 24.9 Å². The van der Waals surface area contributed by atoms with Crippen LogP contribution < -0.4 is 5.46 Å². The lowest BCUT2D eigenvalue weighted by Gasteiger charge is -2.14. The Morgan fingerprint density at radius 1 is 1.38 bits per heavy atom. The molecule has 0 saturated carbocycles. The largest absolute Gasteiger partial charge is 0.488 e. The number of nitrogens with one attached hydrogen (secondary N) is 1. The van der Waals surface area contributed by atoms with Gasteiger partial charge in [-0.05, 0) is 34.8 Å². The predicted molar refractivity (Wildman–Crippen MR) is 68.2 cm³/mol. The van der Waals surface area contributed by atoms with Crippen LogP contribution in [0.5, 0.6) is 0 Å². The number of rotatable bonds is 5. The highest BCUT2D eigenvalue weighted by Crippen LogP contribution is 2.16. The molecule has 0 saturated heterocycles. The van der Waals surface area contributed by atoms with Crippen LogP contribution in [-0.2, 0) is 12.8 Å². The smallest absolute Gasteiger partial charge is 0.423 e. The van der Waals surface area contributed by atoms with Crippen molar-refractivity contribution < 1.29 is 10.0 Å². The van der Waals surface area contributed by atoms with Crippen LogP contribution in [0.25, 0.3) is 6.08 Å². The molecule has 0 aliphatic carbocycles. The van der Waals surface area contributed by atoms with E-state index >= 15 is 0 Å². The first-order chi connectivity index (χ1) is 7.65. The van der Waals surface area contributed by atoms with Gasteiger partial charge in [0.15, 0.2) is 0 Å². The van der Waals surface area contributed by atoms with E-state index in [1.165, 1.54) is 6.21 Å². The molecule has 1 aromatic rings. The number of benzene rings is 1.